The van der Waals surface area contributed by atoms with E-state index in [1.165, 1.54) is 4.91 Å². The Morgan fingerprint density at radius 2 is 1.60 bits per heavy atom. The van der Waals surface area contributed by atoms with Crippen LogP contribution in [0.25, 0.3) is 16.0 Å². The van der Waals surface area contributed by atoms with Crippen molar-refractivity contribution < 1.29 is 73.4 Å². The van der Waals surface area contributed by atoms with Gasteiger partial charge < -0.3 is 21.0 Å². The Morgan fingerprint density at radius 3 is 1.60 bits per heavy atom. The molecule has 10 heavy (non-hydrogen) atoms. The molecule has 0 aromatic heterocycles. The molecule has 0 saturated heterocycles. The van der Waals surface area contributed by atoms with Crippen LogP contribution in [0, 0.1) is 0 Å². The van der Waals surface area contributed by atoms with Gasteiger partial charge in [-0.2, -0.15) is 0 Å². The van der Waals surface area contributed by atoms with Crippen LogP contribution >= 0.6 is 0 Å². The molecule has 0 rings (SSSR count). The topological polar surface area (TPSA) is 98.8 Å². The normalized spacial score (nSPS) is 4.50. The Kier molecular flexibility index (Phi) is 50.7. The van der Waals surface area contributed by atoms with Gasteiger partial charge in [0.1, 0.15) is 6.67 Å². The zero-order valence-corrected chi connectivity index (χ0v) is 9.74. The van der Waals surface area contributed by atoms with Gasteiger partial charge in [-0.15, -0.1) is 0 Å². The molecule has 0 radical (unpaired) electrons. The summed E-state index contributed by atoms with van der Waals surface area (Å²) in [5.74, 6) is -1.66. The van der Waals surface area contributed by atoms with E-state index in [1.807, 2.05) is 0 Å². The molecule has 0 saturated carbocycles. The molecule has 5 nitrogen and oxygen atoms in total. The average Bonchev–Trinajstić information content (AvgIpc) is 1.69. The molecule has 46 valence electrons. The van der Waals surface area contributed by atoms with Crippen LogP contribution in [0.15, 0.2) is 0 Å². The molecule has 0 aliphatic carbocycles. The number of carboxylic acid groups (broad SMARTS) is 1. The van der Waals surface area contributed by atoms with Crippen LogP contribution in [0.4, 0.5) is 4.39 Å². The molecule has 0 heterocycles. The Balaban J connectivity index is -0.0000000326. The van der Waals surface area contributed by atoms with Gasteiger partial charge in [0.25, 0.3) is 0 Å². The molecular formula is C2H2FN3Na2O2. The van der Waals surface area contributed by atoms with Gasteiger partial charge in [0, 0.05) is 0 Å². The minimum absolute atomic E-state index is 0. The van der Waals surface area contributed by atoms with Gasteiger partial charge in [-0.25, -0.2) is 4.39 Å². The fourth-order valence-corrected chi connectivity index (χ4v) is 0. The molecule has 0 aromatic carbocycles. The van der Waals surface area contributed by atoms with Crippen molar-refractivity contribution in [1.29, 1.82) is 0 Å². The minimum atomic E-state index is -1.66. The number of carbonyl (C=O) groups excluding carboxylic acids is 1. The fourth-order valence-electron chi connectivity index (χ4n) is 0. The summed E-state index contributed by atoms with van der Waals surface area (Å²) in [6, 6.07) is 0. The Labute approximate surface area is 101 Å². The van der Waals surface area contributed by atoms with Gasteiger partial charge in [0.2, 0.25) is 0 Å². The summed E-state index contributed by atoms with van der Waals surface area (Å²) < 4.78 is 10.5. The molecule has 0 aromatic rings. The molecule has 0 N–H and O–H groups in total. The first-order chi connectivity index (χ1) is 3.68. The summed E-state index contributed by atoms with van der Waals surface area (Å²) in [6.45, 7) is -1.39. The number of halogens is 1. The molecule has 0 aliphatic rings. The van der Waals surface area contributed by atoms with Gasteiger partial charge in [-0.1, -0.05) is 0 Å². The second kappa shape index (κ2) is 22.6. The molecule has 0 fully saturated rings. The molecular weight excluding hydrogens is 163 g/mol. The van der Waals surface area contributed by atoms with E-state index in [-0.39, 0.29) is 59.1 Å². The van der Waals surface area contributed by atoms with Crippen LogP contribution in [-0.2, 0) is 4.79 Å². The van der Waals surface area contributed by atoms with E-state index in [2.05, 4.69) is 0 Å². The number of nitrogens with zero attached hydrogens (tertiary/aromatic N) is 3. The summed E-state index contributed by atoms with van der Waals surface area (Å²) in [5, 5.41) is 8.88. The van der Waals surface area contributed by atoms with E-state index in [1.54, 1.807) is 0 Å². The third kappa shape index (κ3) is 70.5. The van der Waals surface area contributed by atoms with Crippen molar-refractivity contribution in [2.24, 2.45) is 0 Å². The van der Waals surface area contributed by atoms with Gasteiger partial charge in [-0.3, -0.25) is 4.91 Å². The summed E-state index contributed by atoms with van der Waals surface area (Å²) >= 11 is 0. The van der Waals surface area contributed by atoms with Crippen molar-refractivity contribution >= 4 is 5.97 Å². The van der Waals surface area contributed by atoms with Crippen molar-refractivity contribution in [2.75, 3.05) is 6.67 Å². The predicted molar refractivity (Wildman–Crippen MR) is 21.1 cm³/mol. The minimum Gasteiger partial charge on any atom is -0.547 e. The van der Waals surface area contributed by atoms with Crippen molar-refractivity contribution in [3.63, 3.8) is 0 Å². The van der Waals surface area contributed by atoms with Crippen LogP contribution in [0.3, 0.4) is 0 Å². The maximum absolute atomic E-state index is 10.5. The Morgan fingerprint density at radius 1 is 1.50 bits per heavy atom. The monoisotopic (exact) mass is 165 g/mol. The van der Waals surface area contributed by atoms with E-state index in [4.69, 9.17) is 21.0 Å². The van der Waals surface area contributed by atoms with Gasteiger partial charge in [0.15, 0.2) is 0 Å². The molecule has 0 spiro atoms. The second-order valence-corrected chi connectivity index (χ2v) is 0.595. The summed E-state index contributed by atoms with van der Waals surface area (Å²) in [7, 11) is 0. The Bertz CT molecular complexity index is 105. The molecule has 0 atom stereocenters. The predicted octanol–water partition coefficient (Wildman–Crippen LogP) is -6.42. The van der Waals surface area contributed by atoms with Crippen molar-refractivity contribution in [1.82, 2.24) is 0 Å². The SMILES string of the molecule is O=C([O-])CF.[N-]=[N+]=[N-].[Na+].[Na+]. The van der Waals surface area contributed by atoms with Crippen molar-refractivity contribution in [2.45, 2.75) is 0 Å². The van der Waals surface area contributed by atoms with E-state index in [0.717, 1.165) is 0 Å². The van der Waals surface area contributed by atoms with Crippen LogP contribution < -0.4 is 64.2 Å². The maximum Gasteiger partial charge on any atom is 1.00 e. The summed E-state index contributed by atoms with van der Waals surface area (Å²) in [6.07, 6.45) is 0. The zero-order chi connectivity index (χ0) is 6.99. The van der Waals surface area contributed by atoms with Gasteiger partial charge in [0.05, 0.1) is 5.97 Å². The number of hydrogen-bond acceptors (Lipinski definition) is 2. The molecule has 8 heteroatoms. The van der Waals surface area contributed by atoms with E-state index >= 15 is 0 Å². The number of hydrogen-bond donors (Lipinski definition) is 0. The quantitative estimate of drug-likeness (QED) is 0.167. The summed E-state index contributed by atoms with van der Waals surface area (Å²) in [5.41, 5.74) is 13.5. The van der Waals surface area contributed by atoms with Crippen LogP contribution in [0.1, 0.15) is 0 Å². The van der Waals surface area contributed by atoms with E-state index in [9.17, 15) is 4.39 Å². The Hall–Kier alpha value is 0.710. The smallest absolute Gasteiger partial charge is 0.547 e. The largest absolute Gasteiger partial charge is 1.00 e. The molecule has 0 bridgehead atoms. The molecule has 0 unspecified atom stereocenters. The first-order valence-corrected chi connectivity index (χ1v) is 1.43. The molecule has 0 aliphatic heterocycles. The van der Waals surface area contributed by atoms with E-state index < -0.39 is 12.6 Å². The van der Waals surface area contributed by atoms with Crippen molar-refractivity contribution in [3.8, 4) is 0 Å². The maximum atomic E-state index is 10.5. The van der Waals surface area contributed by atoms with Crippen LogP contribution in [0.2, 0.25) is 0 Å². The third-order valence-electron chi connectivity index (χ3n) is 0.109. The number of aliphatic carboxylic acids is 1. The number of alkyl halides is 1. The van der Waals surface area contributed by atoms with Crippen LogP contribution in [-0.4, -0.2) is 12.6 Å². The van der Waals surface area contributed by atoms with E-state index in [0.29, 0.717) is 0 Å². The standard InChI is InChI=1S/C2H3FO2.N3.2Na/c3-1-2(4)5;1-3-2;;/h1H2,(H,4,5);;;/q;-1;2*+1/p-1. The number of carboxylic acids is 1. The number of carbonyl (C=O) groups is 1. The summed E-state index contributed by atoms with van der Waals surface area (Å²) in [4.78, 5) is 10.4. The number of rotatable bonds is 1. The van der Waals surface area contributed by atoms with Crippen LogP contribution in [0.5, 0.6) is 0 Å². The first-order valence-electron chi connectivity index (χ1n) is 1.43. The van der Waals surface area contributed by atoms with Gasteiger partial charge >= 0.3 is 59.1 Å². The first kappa shape index (κ1) is 22.4. The third-order valence-corrected chi connectivity index (χ3v) is 0.109. The van der Waals surface area contributed by atoms with Crippen molar-refractivity contribution in [3.05, 3.63) is 16.0 Å². The zero-order valence-electron chi connectivity index (χ0n) is 5.74. The molecule has 0 amide bonds. The average molecular weight is 165 g/mol. The second-order valence-electron chi connectivity index (χ2n) is 0.595. The van der Waals surface area contributed by atoms with Gasteiger partial charge in [-0.05, 0) is 0 Å². The fraction of sp³-hybridized carbons (Fsp3) is 0.500.